The van der Waals surface area contributed by atoms with Crippen LogP contribution in [0.1, 0.15) is 5.56 Å². The van der Waals surface area contributed by atoms with Gasteiger partial charge in [-0.25, -0.2) is 4.79 Å². The van der Waals surface area contributed by atoms with Crippen LogP contribution in [0.3, 0.4) is 0 Å². The first-order chi connectivity index (χ1) is 6.98. The Morgan fingerprint density at radius 3 is 2.73 bits per heavy atom. The van der Waals surface area contributed by atoms with Crippen molar-refractivity contribution in [3.8, 4) is 18.1 Å². The zero-order chi connectivity index (χ0) is 11.5. The second kappa shape index (κ2) is 4.03. The minimum atomic E-state index is -1.73. The Bertz CT molecular complexity index is 422. The first-order valence-electron chi connectivity index (χ1n) is 4.26. The fourth-order valence-electron chi connectivity index (χ4n) is 1.18. The lowest BCUT2D eigenvalue weighted by molar-refractivity contribution is -0.141. The Balaban J connectivity index is 2.95. The van der Waals surface area contributed by atoms with Crippen molar-refractivity contribution < 1.29 is 15.0 Å². The molecule has 0 amide bonds. The molecule has 15 heavy (non-hydrogen) atoms. The largest absolute Gasteiger partial charge is 0.508 e. The predicted octanol–water partition coefficient (Wildman–Crippen LogP) is 0.350. The van der Waals surface area contributed by atoms with Gasteiger partial charge in [0.05, 0.1) is 0 Å². The highest BCUT2D eigenvalue weighted by atomic mass is 16.4. The summed E-state index contributed by atoms with van der Waals surface area (Å²) in [6.45, 7) is 0. The van der Waals surface area contributed by atoms with Crippen LogP contribution in [0.25, 0.3) is 0 Å². The standard InChI is InChI=1S/C11H11NO3/c1-2-11(12,10(14)15)7-8-4-3-5-9(13)6-8/h1,3-6,13H,7,12H2,(H,14,15)/t11-/m0/s1. The van der Waals surface area contributed by atoms with Crippen LogP contribution < -0.4 is 5.73 Å². The maximum absolute atomic E-state index is 10.8. The quantitative estimate of drug-likeness (QED) is 0.622. The van der Waals surface area contributed by atoms with Gasteiger partial charge in [0.25, 0.3) is 0 Å². The number of aromatic hydroxyl groups is 1. The van der Waals surface area contributed by atoms with E-state index in [0.29, 0.717) is 5.56 Å². The lowest BCUT2D eigenvalue weighted by atomic mass is 9.93. The van der Waals surface area contributed by atoms with Crippen molar-refractivity contribution in [1.82, 2.24) is 0 Å². The van der Waals surface area contributed by atoms with Crippen molar-refractivity contribution in [2.45, 2.75) is 12.0 Å². The summed E-state index contributed by atoms with van der Waals surface area (Å²) < 4.78 is 0. The molecule has 0 saturated heterocycles. The fraction of sp³-hybridized carbons (Fsp3) is 0.182. The average Bonchev–Trinajstić information content (AvgIpc) is 2.17. The first kappa shape index (κ1) is 11.1. The Morgan fingerprint density at radius 1 is 1.60 bits per heavy atom. The van der Waals surface area contributed by atoms with E-state index in [9.17, 15) is 9.90 Å². The lowest BCUT2D eigenvalue weighted by Crippen LogP contribution is -2.48. The Morgan fingerprint density at radius 2 is 2.27 bits per heavy atom. The number of rotatable bonds is 3. The Hall–Kier alpha value is -1.99. The van der Waals surface area contributed by atoms with Crippen LogP contribution in [-0.4, -0.2) is 21.7 Å². The fourth-order valence-corrected chi connectivity index (χ4v) is 1.18. The van der Waals surface area contributed by atoms with Crippen LogP contribution in [0.2, 0.25) is 0 Å². The molecule has 0 heterocycles. The first-order valence-corrected chi connectivity index (χ1v) is 4.26. The molecular formula is C11H11NO3. The highest BCUT2D eigenvalue weighted by molar-refractivity contribution is 5.83. The Kier molecular flexibility index (Phi) is 2.98. The van der Waals surface area contributed by atoms with E-state index < -0.39 is 11.5 Å². The molecule has 0 aliphatic heterocycles. The molecule has 0 aliphatic rings. The van der Waals surface area contributed by atoms with Gasteiger partial charge in [0.1, 0.15) is 5.75 Å². The van der Waals surface area contributed by atoms with Crippen LogP contribution in [-0.2, 0) is 11.2 Å². The van der Waals surface area contributed by atoms with Gasteiger partial charge in [-0.05, 0) is 17.7 Å². The molecule has 4 N–H and O–H groups in total. The molecule has 0 unspecified atom stereocenters. The molecule has 0 spiro atoms. The van der Waals surface area contributed by atoms with Gasteiger partial charge in [0, 0.05) is 6.42 Å². The van der Waals surface area contributed by atoms with Gasteiger partial charge in [-0.3, -0.25) is 0 Å². The predicted molar refractivity (Wildman–Crippen MR) is 55.2 cm³/mol. The van der Waals surface area contributed by atoms with Gasteiger partial charge in [-0.15, -0.1) is 6.42 Å². The van der Waals surface area contributed by atoms with Crippen LogP contribution in [0, 0.1) is 12.3 Å². The number of hydrogen-bond acceptors (Lipinski definition) is 3. The maximum atomic E-state index is 10.8. The summed E-state index contributed by atoms with van der Waals surface area (Å²) in [6.07, 6.45) is 5.05. The molecular weight excluding hydrogens is 194 g/mol. The number of benzene rings is 1. The van der Waals surface area contributed by atoms with Crippen molar-refractivity contribution >= 4 is 5.97 Å². The number of hydrogen-bond donors (Lipinski definition) is 3. The summed E-state index contributed by atoms with van der Waals surface area (Å²) in [4.78, 5) is 10.8. The third-order valence-electron chi connectivity index (χ3n) is 2.03. The summed E-state index contributed by atoms with van der Waals surface area (Å²) in [5.74, 6) is 0.839. The smallest absolute Gasteiger partial charge is 0.336 e. The molecule has 1 atom stereocenters. The normalized spacial score (nSPS) is 13.9. The number of nitrogens with two attached hydrogens (primary N) is 1. The third kappa shape index (κ3) is 2.48. The highest BCUT2D eigenvalue weighted by Gasteiger charge is 2.31. The van der Waals surface area contributed by atoms with Crippen molar-refractivity contribution in [3.63, 3.8) is 0 Å². The number of aliphatic carboxylic acids is 1. The lowest BCUT2D eigenvalue weighted by Gasteiger charge is -2.17. The molecule has 0 radical (unpaired) electrons. The van der Waals surface area contributed by atoms with Crippen molar-refractivity contribution in [2.24, 2.45) is 5.73 Å². The highest BCUT2D eigenvalue weighted by Crippen LogP contribution is 2.16. The van der Waals surface area contributed by atoms with E-state index in [1.807, 2.05) is 5.92 Å². The second-order valence-electron chi connectivity index (χ2n) is 3.27. The zero-order valence-electron chi connectivity index (χ0n) is 7.97. The average molecular weight is 205 g/mol. The van der Waals surface area contributed by atoms with Crippen molar-refractivity contribution in [2.75, 3.05) is 0 Å². The van der Waals surface area contributed by atoms with Gasteiger partial charge >= 0.3 is 5.97 Å². The van der Waals surface area contributed by atoms with E-state index in [2.05, 4.69) is 0 Å². The summed E-state index contributed by atoms with van der Waals surface area (Å²) in [5, 5.41) is 18.0. The Labute approximate surface area is 87.3 Å². The number of phenolic OH excluding ortho intramolecular Hbond substituents is 1. The minimum absolute atomic E-state index is 0.0206. The second-order valence-corrected chi connectivity index (χ2v) is 3.27. The topological polar surface area (TPSA) is 83.5 Å². The molecule has 0 fully saturated rings. The van der Waals surface area contributed by atoms with Gasteiger partial charge in [-0.2, -0.15) is 0 Å². The van der Waals surface area contributed by atoms with E-state index in [1.54, 1.807) is 12.1 Å². The summed E-state index contributed by atoms with van der Waals surface area (Å²) in [5.41, 5.74) is 4.36. The molecule has 1 aromatic carbocycles. The van der Waals surface area contributed by atoms with Crippen molar-refractivity contribution in [1.29, 1.82) is 0 Å². The molecule has 1 aromatic rings. The van der Waals surface area contributed by atoms with Gasteiger partial charge in [0.15, 0.2) is 5.54 Å². The number of carbonyl (C=O) groups is 1. The SMILES string of the molecule is C#C[C@](N)(Cc1cccc(O)c1)C(=O)O. The minimum Gasteiger partial charge on any atom is -0.508 e. The van der Waals surface area contributed by atoms with Crippen LogP contribution in [0.15, 0.2) is 24.3 Å². The van der Waals surface area contributed by atoms with Crippen LogP contribution in [0.5, 0.6) is 5.75 Å². The summed E-state index contributed by atoms with van der Waals surface area (Å²) in [7, 11) is 0. The number of phenols is 1. The molecule has 78 valence electrons. The van der Waals surface area contributed by atoms with E-state index in [0.717, 1.165) is 0 Å². The van der Waals surface area contributed by atoms with E-state index >= 15 is 0 Å². The van der Waals surface area contributed by atoms with Crippen LogP contribution >= 0.6 is 0 Å². The molecule has 0 aromatic heterocycles. The number of carboxylic acid groups (broad SMARTS) is 1. The van der Waals surface area contributed by atoms with Gasteiger partial charge in [-0.1, -0.05) is 18.1 Å². The molecule has 0 saturated carbocycles. The maximum Gasteiger partial charge on any atom is 0.336 e. The van der Waals surface area contributed by atoms with Crippen molar-refractivity contribution in [3.05, 3.63) is 29.8 Å². The summed E-state index contributed by atoms with van der Waals surface area (Å²) >= 11 is 0. The summed E-state index contributed by atoms with van der Waals surface area (Å²) in [6, 6.07) is 6.17. The van der Waals surface area contributed by atoms with Gasteiger partial charge in [0.2, 0.25) is 0 Å². The monoisotopic (exact) mass is 205 g/mol. The number of carboxylic acids is 1. The third-order valence-corrected chi connectivity index (χ3v) is 2.03. The van der Waals surface area contributed by atoms with Crippen LogP contribution in [0.4, 0.5) is 0 Å². The molecule has 4 heteroatoms. The number of terminal acetylenes is 1. The van der Waals surface area contributed by atoms with Gasteiger partial charge < -0.3 is 15.9 Å². The zero-order valence-corrected chi connectivity index (χ0v) is 7.97. The van der Waals surface area contributed by atoms with E-state index in [1.165, 1.54) is 12.1 Å². The van der Waals surface area contributed by atoms with E-state index in [4.69, 9.17) is 17.3 Å². The molecule has 4 nitrogen and oxygen atoms in total. The van der Waals surface area contributed by atoms with E-state index in [-0.39, 0.29) is 12.2 Å². The molecule has 0 aliphatic carbocycles. The molecule has 1 rings (SSSR count). The molecule has 0 bridgehead atoms.